The molecule has 2 aliphatic rings. The molecule has 3 rings (SSSR count). The Hall–Kier alpha value is -1.73. The maximum absolute atomic E-state index is 12.3. The van der Waals surface area contributed by atoms with Gasteiger partial charge in [0.2, 0.25) is 5.91 Å². The number of carboxylic acid groups (broad SMARTS) is 1. The molecule has 1 saturated heterocycles. The lowest BCUT2D eigenvalue weighted by Gasteiger charge is -2.20. The van der Waals surface area contributed by atoms with Gasteiger partial charge in [0.25, 0.3) is 0 Å². The molecule has 0 aromatic carbocycles. The Labute approximate surface area is 119 Å². The zero-order valence-corrected chi connectivity index (χ0v) is 11.8. The number of anilines is 1. The minimum absolute atomic E-state index is 0.344. The molecule has 0 saturated carbocycles. The Bertz CT molecular complexity index is 590. The molecule has 2 aliphatic heterocycles. The van der Waals surface area contributed by atoms with Gasteiger partial charge < -0.3 is 15.2 Å². The predicted molar refractivity (Wildman–Crippen MR) is 72.6 cm³/mol. The molecule has 7 heteroatoms. The number of aryl methyl sites for hydroxylation is 2. The maximum Gasteiger partial charge on any atom is 0.310 e. The first-order valence-electron chi connectivity index (χ1n) is 6.29. The van der Waals surface area contributed by atoms with E-state index in [0.29, 0.717) is 5.13 Å². The largest absolute Gasteiger partial charge is 0.481 e. The summed E-state index contributed by atoms with van der Waals surface area (Å²) in [5, 5.41) is 12.5. The molecule has 1 amide bonds. The van der Waals surface area contributed by atoms with E-state index < -0.39 is 30.0 Å². The van der Waals surface area contributed by atoms with Gasteiger partial charge in [0.1, 0.15) is 5.92 Å². The molecule has 106 valence electrons. The van der Waals surface area contributed by atoms with Crippen LogP contribution in [0.25, 0.3) is 0 Å². The number of carbonyl (C=O) groups is 2. The van der Waals surface area contributed by atoms with Crippen molar-refractivity contribution in [1.29, 1.82) is 0 Å². The van der Waals surface area contributed by atoms with Gasteiger partial charge in [0, 0.05) is 4.88 Å². The van der Waals surface area contributed by atoms with Crippen LogP contribution in [0.15, 0.2) is 12.2 Å². The Morgan fingerprint density at radius 1 is 1.30 bits per heavy atom. The van der Waals surface area contributed by atoms with E-state index in [2.05, 4.69) is 10.3 Å². The quantitative estimate of drug-likeness (QED) is 0.822. The lowest BCUT2D eigenvalue weighted by molar-refractivity contribution is -0.145. The topological polar surface area (TPSA) is 88.5 Å². The summed E-state index contributed by atoms with van der Waals surface area (Å²) in [6, 6.07) is 0. The highest BCUT2D eigenvalue weighted by atomic mass is 32.1. The van der Waals surface area contributed by atoms with Gasteiger partial charge in [-0.05, 0) is 13.8 Å². The number of ether oxygens (including phenoxy) is 1. The zero-order valence-electron chi connectivity index (χ0n) is 11.0. The number of nitrogens with one attached hydrogen (secondary N) is 1. The van der Waals surface area contributed by atoms with E-state index in [0.717, 1.165) is 10.6 Å². The number of fused-ring (bicyclic) bond motifs is 2. The molecule has 0 aliphatic carbocycles. The average molecular weight is 294 g/mol. The van der Waals surface area contributed by atoms with E-state index >= 15 is 0 Å². The van der Waals surface area contributed by atoms with Crippen LogP contribution in [0, 0.1) is 25.7 Å². The van der Waals surface area contributed by atoms with Gasteiger partial charge in [0.15, 0.2) is 5.13 Å². The second kappa shape index (κ2) is 4.68. The lowest BCUT2D eigenvalue weighted by Crippen LogP contribution is -2.39. The second-order valence-corrected chi connectivity index (χ2v) is 6.19. The highest BCUT2D eigenvalue weighted by Crippen LogP contribution is 2.40. The number of aliphatic carboxylic acids is 1. The van der Waals surface area contributed by atoms with Crippen LogP contribution < -0.4 is 5.32 Å². The Morgan fingerprint density at radius 3 is 2.50 bits per heavy atom. The summed E-state index contributed by atoms with van der Waals surface area (Å²) in [5.41, 5.74) is 0.865. The van der Waals surface area contributed by atoms with Crippen LogP contribution in [-0.4, -0.2) is 34.2 Å². The molecule has 1 fully saturated rings. The first kappa shape index (κ1) is 13.3. The van der Waals surface area contributed by atoms with Crippen molar-refractivity contribution in [2.45, 2.75) is 26.1 Å². The summed E-state index contributed by atoms with van der Waals surface area (Å²) < 4.78 is 5.48. The minimum atomic E-state index is -1.01. The molecule has 20 heavy (non-hydrogen) atoms. The van der Waals surface area contributed by atoms with E-state index in [4.69, 9.17) is 4.74 Å². The highest BCUT2D eigenvalue weighted by Gasteiger charge is 2.53. The number of rotatable bonds is 3. The monoisotopic (exact) mass is 294 g/mol. The number of carbonyl (C=O) groups excluding carboxylic acids is 1. The maximum atomic E-state index is 12.3. The third-order valence-electron chi connectivity index (χ3n) is 3.75. The fourth-order valence-electron chi connectivity index (χ4n) is 2.63. The average Bonchev–Trinajstić information content (AvgIpc) is 3.04. The van der Waals surface area contributed by atoms with Crippen molar-refractivity contribution < 1.29 is 19.4 Å². The molecule has 6 nitrogen and oxygen atoms in total. The standard InChI is InChI=1S/C13H14N2O4S/c1-5-6(2)20-13(14-5)15-11(16)9-7-3-4-8(19-7)10(9)12(17)18/h3-4,7-10H,1-2H3,(H,17,18)(H,14,15,16)/t7-,8-,9+,10-/m1/s1. The predicted octanol–water partition coefficient (Wildman–Crippen LogP) is 1.35. The smallest absolute Gasteiger partial charge is 0.310 e. The number of aromatic nitrogens is 1. The molecule has 2 bridgehead atoms. The molecule has 1 aromatic rings. The molecular formula is C13H14N2O4S. The van der Waals surface area contributed by atoms with E-state index in [1.165, 1.54) is 11.3 Å². The van der Waals surface area contributed by atoms with Gasteiger partial charge >= 0.3 is 5.97 Å². The van der Waals surface area contributed by atoms with Crippen molar-refractivity contribution in [1.82, 2.24) is 4.98 Å². The molecule has 0 radical (unpaired) electrons. The van der Waals surface area contributed by atoms with Crippen LogP contribution in [0.2, 0.25) is 0 Å². The van der Waals surface area contributed by atoms with E-state index in [-0.39, 0.29) is 5.91 Å². The van der Waals surface area contributed by atoms with E-state index in [1.54, 1.807) is 12.2 Å². The fourth-order valence-corrected chi connectivity index (χ4v) is 3.45. The number of amides is 1. The lowest BCUT2D eigenvalue weighted by atomic mass is 9.82. The summed E-state index contributed by atoms with van der Waals surface area (Å²) in [7, 11) is 0. The SMILES string of the molecule is Cc1nc(NC(=O)[C@@H]2[C@H](C(=O)O)[C@H]3C=C[C@H]2O3)sc1C. The molecular weight excluding hydrogens is 280 g/mol. The van der Waals surface area contributed by atoms with Crippen molar-refractivity contribution in [2.75, 3.05) is 5.32 Å². The fraction of sp³-hybridized carbons (Fsp3) is 0.462. The Balaban J connectivity index is 1.79. The third kappa shape index (κ3) is 2.03. The van der Waals surface area contributed by atoms with Crippen molar-refractivity contribution >= 4 is 28.3 Å². The molecule has 0 spiro atoms. The number of nitrogens with zero attached hydrogens (tertiary/aromatic N) is 1. The number of carboxylic acids is 1. The molecule has 1 aromatic heterocycles. The zero-order chi connectivity index (χ0) is 14.4. The number of thiazole rings is 1. The normalized spacial score (nSPS) is 30.7. The van der Waals surface area contributed by atoms with Crippen molar-refractivity contribution in [2.24, 2.45) is 11.8 Å². The van der Waals surface area contributed by atoms with Crippen molar-refractivity contribution in [3.05, 3.63) is 22.7 Å². The summed E-state index contributed by atoms with van der Waals surface area (Å²) in [5.74, 6) is -2.88. The van der Waals surface area contributed by atoms with Gasteiger partial charge in [-0.2, -0.15) is 0 Å². The number of hydrogen-bond donors (Lipinski definition) is 2. The van der Waals surface area contributed by atoms with Crippen LogP contribution in [0.1, 0.15) is 10.6 Å². The van der Waals surface area contributed by atoms with Crippen LogP contribution >= 0.6 is 11.3 Å². The molecule has 2 N–H and O–H groups in total. The third-order valence-corrected chi connectivity index (χ3v) is 4.73. The van der Waals surface area contributed by atoms with E-state index in [1.807, 2.05) is 13.8 Å². The molecule has 3 heterocycles. The van der Waals surface area contributed by atoms with Crippen molar-refractivity contribution in [3.63, 3.8) is 0 Å². The summed E-state index contributed by atoms with van der Waals surface area (Å²) in [4.78, 5) is 28.9. The van der Waals surface area contributed by atoms with Gasteiger partial charge in [-0.3, -0.25) is 9.59 Å². The minimum Gasteiger partial charge on any atom is -0.481 e. The Kier molecular flexibility index (Phi) is 3.10. The van der Waals surface area contributed by atoms with Crippen LogP contribution in [-0.2, 0) is 14.3 Å². The highest BCUT2D eigenvalue weighted by molar-refractivity contribution is 7.15. The Morgan fingerprint density at radius 2 is 1.95 bits per heavy atom. The second-order valence-electron chi connectivity index (χ2n) is 4.99. The van der Waals surface area contributed by atoms with Crippen LogP contribution in [0.4, 0.5) is 5.13 Å². The summed E-state index contributed by atoms with van der Waals surface area (Å²) in [6.07, 6.45) is 2.51. The molecule has 4 atom stereocenters. The molecule has 0 unspecified atom stereocenters. The van der Waals surface area contributed by atoms with Crippen LogP contribution in [0.5, 0.6) is 0 Å². The van der Waals surface area contributed by atoms with Gasteiger partial charge in [-0.15, -0.1) is 11.3 Å². The van der Waals surface area contributed by atoms with E-state index in [9.17, 15) is 14.7 Å². The van der Waals surface area contributed by atoms with Gasteiger partial charge in [-0.25, -0.2) is 4.98 Å². The first-order chi connectivity index (χ1) is 9.47. The first-order valence-corrected chi connectivity index (χ1v) is 7.10. The summed E-state index contributed by atoms with van der Waals surface area (Å²) >= 11 is 1.38. The van der Waals surface area contributed by atoms with Crippen LogP contribution in [0.3, 0.4) is 0 Å². The van der Waals surface area contributed by atoms with Crippen molar-refractivity contribution in [3.8, 4) is 0 Å². The number of hydrogen-bond acceptors (Lipinski definition) is 5. The summed E-state index contributed by atoms with van der Waals surface area (Å²) in [6.45, 7) is 3.79. The van der Waals surface area contributed by atoms with Gasteiger partial charge in [0.05, 0.1) is 23.8 Å². The van der Waals surface area contributed by atoms with Gasteiger partial charge in [-0.1, -0.05) is 12.2 Å².